The number of aromatic nitrogens is 5. The zero-order valence-corrected chi connectivity index (χ0v) is 23.1. The lowest BCUT2D eigenvalue weighted by Crippen LogP contribution is -2.46. The van der Waals surface area contributed by atoms with Crippen molar-refractivity contribution in [2.75, 3.05) is 19.0 Å². The predicted molar refractivity (Wildman–Crippen MR) is 147 cm³/mol. The van der Waals surface area contributed by atoms with Crippen LogP contribution in [0.4, 0.5) is 16.2 Å². The Balaban J connectivity index is 1.33. The van der Waals surface area contributed by atoms with E-state index in [0.29, 0.717) is 28.2 Å². The summed E-state index contributed by atoms with van der Waals surface area (Å²) < 4.78 is 20.6. The van der Waals surface area contributed by atoms with Gasteiger partial charge in [-0.05, 0) is 36.2 Å². The predicted octanol–water partition coefficient (Wildman–Crippen LogP) is 3.01. The smallest absolute Gasteiger partial charge is 0.255 e. The van der Waals surface area contributed by atoms with Crippen LogP contribution in [0.3, 0.4) is 0 Å². The van der Waals surface area contributed by atoms with E-state index >= 15 is 0 Å². The molecule has 0 saturated heterocycles. The first-order valence-electron chi connectivity index (χ1n) is 12.5. The molecule has 2 aromatic heterocycles. The number of ether oxygens (including phenoxy) is 1. The Morgan fingerprint density at radius 1 is 1.24 bits per heavy atom. The van der Waals surface area contributed by atoms with Gasteiger partial charge in [0.25, 0.3) is 5.91 Å². The Morgan fingerprint density at radius 3 is 2.76 bits per heavy atom. The topological polar surface area (TPSA) is 147 Å². The summed E-state index contributed by atoms with van der Waals surface area (Å²) in [6.45, 7) is 1.32. The molecule has 14 heteroatoms. The van der Waals surface area contributed by atoms with Crippen molar-refractivity contribution in [3.8, 4) is 17.0 Å². The summed E-state index contributed by atoms with van der Waals surface area (Å²) in [5, 5.41) is 23.6. The minimum Gasteiger partial charge on any atom is -0.497 e. The number of halogens is 2. The van der Waals surface area contributed by atoms with Gasteiger partial charge < -0.3 is 25.4 Å². The number of rotatable bonds is 9. The van der Waals surface area contributed by atoms with E-state index in [1.807, 2.05) is 0 Å². The van der Waals surface area contributed by atoms with E-state index in [-0.39, 0.29) is 29.2 Å². The van der Waals surface area contributed by atoms with Crippen LogP contribution in [0.15, 0.2) is 48.8 Å². The number of hydrogen-bond donors (Lipinski definition) is 3. The summed E-state index contributed by atoms with van der Waals surface area (Å²) in [5.74, 6) is -0.327. The minimum atomic E-state index is -0.897. The molecule has 2 amide bonds. The third-order valence-electron chi connectivity index (χ3n) is 6.79. The molecule has 0 bridgehead atoms. The quantitative estimate of drug-likeness (QED) is 0.272. The summed E-state index contributed by atoms with van der Waals surface area (Å²) in [5.41, 5.74) is 2.48. The lowest BCUT2D eigenvalue weighted by molar-refractivity contribution is -0.126. The van der Waals surface area contributed by atoms with Gasteiger partial charge in [-0.1, -0.05) is 28.9 Å². The van der Waals surface area contributed by atoms with Crippen molar-refractivity contribution >= 4 is 35.2 Å². The maximum absolute atomic E-state index is 14.0. The highest BCUT2D eigenvalue weighted by atomic mass is 35.5. The van der Waals surface area contributed by atoms with E-state index in [1.165, 1.54) is 47.3 Å². The number of nitrogens with one attached hydrogen (secondary N) is 2. The van der Waals surface area contributed by atoms with Crippen LogP contribution in [0.1, 0.15) is 34.5 Å². The number of anilines is 2. The van der Waals surface area contributed by atoms with Gasteiger partial charge in [0.05, 0.1) is 42.9 Å². The molecule has 41 heavy (non-hydrogen) atoms. The number of fused-ring (bicyclic) bond motifs is 1. The van der Waals surface area contributed by atoms with Crippen LogP contribution in [0.25, 0.3) is 11.3 Å². The molecule has 1 aliphatic heterocycles. The molecule has 0 radical (unpaired) electrons. The Kier molecular flexibility index (Phi) is 7.81. The molecule has 5 rings (SSSR count). The lowest BCUT2D eigenvalue weighted by Gasteiger charge is -2.26. The molecule has 4 aromatic rings. The second kappa shape index (κ2) is 11.5. The standard InChI is InChI=1S/C27H26ClFN8O4/c1-14(25(39)32-22(13-38)17-6-18(29)9-19(7-17)41-3)37-12-16-5-4-15(8-20(16)26(37)40)24-21(28)10-30-27(34-24)33-23-11-31-35-36(23)2/h4-11,14,22,38H,12-13H2,1-3H3,(H,32,39)(H,30,33,34). The second-order valence-electron chi connectivity index (χ2n) is 9.41. The first-order valence-corrected chi connectivity index (χ1v) is 12.9. The van der Waals surface area contributed by atoms with Gasteiger partial charge in [-0.2, -0.15) is 0 Å². The highest BCUT2D eigenvalue weighted by Crippen LogP contribution is 2.33. The largest absolute Gasteiger partial charge is 0.497 e. The fourth-order valence-corrected chi connectivity index (χ4v) is 4.70. The molecule has 0 fully saturated rings. The number of aryl methyl sites for hydroxylation is 1. The summed E-state index contributed by atoms with van der Waals surface area (Å²) in [7, 11) is 3.11. The van der Waals surface area contributed by atoms with Crippen LogP contribution in [0, 0.1) is 5.82 Å². The molecule has 2 atom stereocenters. The summed E-state index contributed by atoms with van der Waals surface area (Å²) >= 11 is 6.41. The number of amides is 2. The van der Waals surface area contributed by atoms with Gasteiger partial charge in [-0.3, -0.25) is 9.59 Å². The van der Waals surface area contributed by atoms with Crippen molar-refractivity contribution in [3.05, 3.63) is 76.3 Å². The van der Waals surface area contributed by atoms with Crippen molar-refractivity contribution in [1.29, 1.82) is 0 Å². The van der Waals surface area contributed by atoms with Crippen molar-refractivity contribution in [2.45, 2.75) is 25.6 Å². The summed E-state index contributed by atoms with van der Waals surface area (Å²) in [6.07, 6.45) is 2.98. The third kappa shape index (κ3) is 5.67. The molecule has 212 valence electrons. The zero-order chi connectivity index (χ0) is 29.3. The molecule has 0 spiro atoms. The summed E-state index contributed by atoms with van der Waals surface area (Å²) in [4.78, 5) is 36.7. The van der Waals surface area contributed by atoms with Gasteiger partial charge in [-0.25, -0.2) is 19.0 Å². The van der Waals surface area contributed by atoms with Crippen LogP contribution < -0.4 is 15.4 Å². The van der Waals surface area contributed by atoms with Crippen LogP contribution in [-0.2, 0) is 18.4 Å². The van der Waals surface area contributed by atoms with Gasteiger partial charge in [0.2, 0.25) is 11.9 Å². The van der Waals surface area contributed by atoms with Crippen molar-refractivity contribution in [2.24, 2.45) is 7.05 Å². The molecule has 3 N–H and O–H groups in total. The van der Waals surface area contributed by atoms with Crippen LogP contribution in [-0.4, -0.2) is 66.5 Å². The molecular formula is C27H26ClFN8O4. The first-order chi connectivity index (χ1) is 19.7. The van der Waals surface area contributed by atoms with Crippen molar-refractivity contribution in [1.82, 2.24) is 35.2 Å². The number of hydrogen-bond acceptors (Lipinski definition) is 9. The Hall–Kier alpha value is -4.62. The molecule has 0 saturated carbocycles. The molecular weight excluding hydrogens is 555 g/mol. The average molecular weight is 581 g/mol. The number of carbonyl (C=O) groups is 2. The van der Waals surface area contributed by atoms with E-state index in [9.17, 15) is 19.1 Å². The minimum absolute atomic E-state index is 0.207. The maximum Gasteiger partial charge on any atom is 0.255 e. The fraction of sp³-hybridized carbons (Fsp3) is 0.259. The highest BCUT2D eigenvalue weighted by Gasteiger charge is 2.35. The zero-order valence-electron chi connectivity index (χ0n) is 22.3. The van der Waals surface area contributed by atoms with E-state index < -0.39 is 30.4 Å². The van der Waals surface area contributed by atoms with Crippen molar-refractivity contribution in [3.63, 3.8) is 0 Å². The van der Waals surface area contributed by atoms with Gasteiger partial charge in [-0.15, -0.1) is 5.10 Å². The van der Waals surface area contributed by atoms with Crippen molar-refractivity contribution < 1.29 is 23.8 Å². The fourth-order valence-electron chi connectivity index (χ4n) is 4.50. The van der Waals surface area contributed by atoms with Crippen LogP contribution >= 0.6 is 11.6 Å². The van der Waals surface area contributed by atoms with Crippen LogP contribution in [0.5, 0.6) is 5.75 Å². The lowest BCUT2D eigenvalue weighted by atomic mass is 10.0. The molecule has 2 unspecified atom stereocenters. The monoisotopic (exact) mass is 580 g/mol. The number of methoxy groups -OCH3 is 1. The van der Waals surface area contributed by atoms with Gasteiger partial charge >= 0.3 is 0 Å². The molecule has 3 heterocycles. The van der Waals surface area contributed by atoms with E-state index in [0.717, 1.165) is 5.56 Å². The Morgan fingerprint density at radius 2 is 2.05 bits per heavy atom. The van der Waals surface area contributed by atoms with Crippen LogP contribution in [0.2, 0.25) is 5.02 Å². The SMILES string of the molecule is COc1cc(F)cc(C(CO)NC(=O)C(C)N2Cc3ccc(-c4nc(Nc5cnnn5C)ncc4Cl)cc3C2=O)c1. The number of carbonyl (C=O) groups excluding carboxylic acids is 2. The molecule has 2 aromatic carbocycles. The average Bonchev–Trinajstić information content (AvgIpc) is 3.53. The maximum atomic E-state index is 14.0. The Labute approximate surface area is 239 Å². The number of aliphatic hydroxyl groups excluding tert-OH is 1. The number of nitrogens with zero attached hydrogens (tertiary/aromatic N) is 6. The van der Waals surface area contributed by atoms with Gasteiger partial charge in [0, 0.05) is 30.8 Å². The molecule has 0 aliphatic carbocycles. The van der Waals surface area contributed by atoms with E-state index in [1.54, 1.807) is 32.2 Å². The number of benzene rings is 2. The molecule has 12 nitrogen and oxygen atoms in total. The Bertz CT molecular complexity index is 1630. The van der Waals surface area contributed by atoms with Gasteiger partial charge in [0.1, 0.15) is 17.6 Å². The van der Waals surface area contributed by atoms with E-state index in [2.05, 4.69) is 30.9 Å². The van der Waals surface area contributed by atoms with Gasteiger partial charge in [0.15, 0.2) is 5.82 Å². The second-order valence-corrected chi connectivity index (χ2v) is 9.81. The first kappa shape index (κ1) is 27.9. The number of aliphatic hydroxyl groups is 1. The summed E-state index contributed by atoms with van der Waals surface area (Å²) in [6, 6.07) is 7.42. The normalized spacial score (nSPS) is 14.0. The molecule has 1 aliphatic rings. The van der Waals surface area contributed by atoms with E-state index in [4.69, 9.17) is 16.3 Å². The third-order valence-corrected chi connectivity index (χ3v) is 7.07. The highest BCUT2D eigenvalue weighted by molar-refractivity contribution is 6.33.